The molecular formula is C23H21ClN2O3S. The van der Waals surface area contributed by atoms with Crippen molar-refractivity contribution in [2.75, 3.05) is 6.61 Å². The summed E-state index contributed by atoms with van der Waals surface area (Å²) in [5, 5.41) is 11.6. The third-order valence-corrected chi connectivity index (χ3v) is 6.35. The zero-order valence-electron chi connectivity index (χ0n) is 16.4. The Labute approximate surface area is 183 Å². The van der Waals surface area contributed by atoms with Crippen molar-refractivity contribution in [3.8, 4) is 10.4 Å². The third kappa shape index (κ3) is 4.47. The number of fused-ring (bicyclic) bond motifs is 1. The number of halogens is 1. The predicted molar refractivity (Wildman–Crippen MR) is 121 cm³/mol. The quantitative estimate of drug-likeness (QED) is 0.453. The van der Waals surface area contributed by atoms with Gasteiger partial charge in [-0.25, -0.2) is 4.98 Å². The van der Waals surface area contributed by atoms with E-state index in [0.717, 1.165) is 21.6 Å². The molecule has 1 unspecified atom stereocenters. The first-order chi connectivity index (χ1) is 14.5. The molecule has 2 heterocycles. The summed E-state index contributed by atoms with van der Waals surface area (Å²) in [6.07, 6.45) is 0.680. The van der Waals surface area contributed by atoms with E-state index < -0.39 is 6.10 Å². The average molecular weight is 441 g/mol. The van der Waals surface area contributed by atoms with Gasteiger partial charge in [0.1, 0.15) is 4.83 Å². The molecule has 0 fully saturated rings. The molecule has 0 amide bonds. The Bertz CT molecular complexity index is 1200. The monoisotopic (exact) mass is 440 g/mol. The number of hydrogen-bond acceptors (Lipinski definition) is 5. The average Bonchev–Trinajstić information content (AvgIpc) is 3.09. The number of rotatable bonds is 7. The fraction of sp³-hybridized carbons (Fsp3) is 0.217. The van der Waals surface area contributed by atoms with Crippen molar-refractivity contribution in [1.82, 2.24) is 9.55 Å². The van der Waals surface area contributed by atoms with Crippen LogP contribution in [0.5, 0.6) is 0 Å². The standard InChI is InChI=1S/C23H21ClN2O3S/c1-15-20-22(30-21(15)17-5-3-2-4-6-17)25-14-26(23(20)28)11-19(27)13-29-12-16-7-9-18(24)10-8-16/h2-10,14,19,27H,11-13H2,1H3. The second-order valence-electron chi connectivity index (χ2n) is 7.10. The smallest absolute Gasteiger partial charge is 0.262 e. The molecule has 4 rings (SSSR count). The van der Waals surface area contributed by atoms with E-state index in [2.05, 4.69) is 4.98 Å². The van der Waals surface area contributed by atoms with Gasteiger partial charge in [0, 0.05) is 9.90 Å². The fourth-order valence-corrected chi connectivity index (χ4v) is 4.60. The molecule has 5 nitrogen and oxygen atoms in total. The lowest BCUT2D eigenvalue weighted by atomic mass is 10.1. The van der Waals surface area contributed by atoms with Gasteiger partial charge in [-0.15, -0.1) is 11.3 Å². The molecule has 1 N–H and O–H groups in total. The summed E-state index contributed by atoms with van der Waals surface area (Å²) >= 11 is 7.38. The molecule has 0 radical (unpaired) electrons. The molecule has 2 aromatic heterocycles. The number of aliphatic hydroxyl groups excluding tert-OH is 1. The van der Waals surface area contributed by atoms with E-state index in [1.165, 1.54) is 22.2 Å². The molecule has 0 spiro atoms. The highest BCUT2D eigenvalue weighted by molar-refractivity contribution is 7.22. The number of thiophene rings is 1. The van der Waals surface area contributed by atoms with E-state index >= 15 is 0 Å². The van der Waals surface area contributed by atoms with Gasteiger partial charge in [-0.2, -0.15) is 0 Å². The molecular weight excluding hydrogens is 420 g/mol. The molecule has 0 aliphatic carbocycles. The van der Waals surface area contributed by atoms with Crippen molar-refractivity contribution in [2.24, 2.45) is 0 Å². The van der Waals surface area contributed by atoms with Crippen LogP contribution in [0, 0.1) is 6.92 Å². The molecule has 0 bridgehead atoms. The van der Waals surface area contributed by atoms with E-state index in [9.17, 15) is 9.90 Å². The molecule has 0 aliphatic heterocycles. The highest BCUT2D eigenvalue weighted by Gasteiger charge is 2.17. The van der Waals surface area contributed by atoms with Crippen LogP contribution in [0.2, 0.25) is 5.02 Å². The van der Waals surface area contributed by atoms with Crippen molar-refractivity contribution in [3.63, 3.8) is 0 Å². The Morgan fingerprint density at radius 1 is 1.17 bits per heavy atom. The minimum Gasteiger partial charge on any atom is -0.389 e. The van der Waals surface area contributed by atoms with Crippen molar-refractivity contribution in [2.45, 2.75) is 26.2 Å². The van der Waals surface area contributed by atoms with E-state index in [0.29, 0.717) is 21.8 Å². The first kappa shape index (κ1) is 20.8. The molecule has 7 heteroatoms. The highest BCUT2D eigenvalue weighted by Crippen LogP contribution is 2.35. The lowest BCUT2D eigenvalue weighted by Crippen LogP contribution is -2.29. The van der Waals surface area contributed by atoms with Gasteiger partial charge < -0.3 is 9.84 Å². The van der Waals surface area contributed by atoms with Crippen LogP contribution in [0.3, 0.4) is 0 Å². The summed E-state index contributed by atoms with van der Waals surface area (Å²) in [6.45, 7) is 2.55. The number of hydrogen-bond donors (Lipinski definition) is 1. The van der Waals surface area contributed by atoms with Crippen molar-refractivity contribution < 1.29 is 9.84 Å². The summed E-state index contributed by atoms with van der Waals surface area (Å²) in [4.78, 5) is 19.2. The van der Waals surface area contributed by atoms with Crippen LogP contribution in [0.4, 0.5) is 0 Å². The fourth-order valence-electron chi connectivity index (χ4n) is 3.33. The SMILES string of the molecule is Cc1c(-c2ccccc2)sc2ncn(CC(O)COCc3ccc(Cl)cc3)c(=O)c12. The zero-order valence-corrected chi connectivity index (χ0v) is 18.0. The summed E-state index contributed by atoms with van der Waals surface area (Å²) in [5.41, 5.74) is 2.81. The van der Waals surface area contributed by atoms with Crippen LogP contribution in [0.25, 0.3) is 20.7 Å². The lowest BCUT2D eigenvalue weighted by molar-refractivity contribution is 0.0198. The predicted octanol–water partition coefficient (Wildman–Crippen LogP) is 4.66. The minimum absolute atomic E-state index is 0.116. The molecule has 30 heavy (non-hydrogen) atoms. The molecule has 2 aromatic carbocycles. The molecule has 0 saturated carbocycles. The largest absolute Gasteiger partial charge is 0.389 e. The summed E-state index contributed by atoms with van der Waals surface area (Å²) in [6, 6.07) is 17.3. The maximum atomic E-state index is 13.0. The lowest BCUT2D eigenvalue weighted by Gasteiger charge is -2.13. The number of benzene rings is 2. The van der Waals surface area contributed by atoms with Gasteiger partial charge in [0.25, 0.3) is 5.56 Å². The van der Waals surface area contributed by atoms with Gasteiger partial charge in [0.2, 0.25) is 0 Å². The van der Waals surface area contributed by atoms with Crippen LogP contribution in [-0.4, -0.2) is 27.4 Å². The van der Waals surface area contributed by atoms with Gasteiger partial charge in [0.05, 0.1) is 37.6 Å². The molecule has 0 aliphatic rings. The van der Waals surface area contributed by atoms with Crippen molar-refractivity contribution in [1.29, 1.82) is 0 Å². The van der Waals surface area contributed by atoms with Gasteiger partial charge in [-0.1, -0.05) is 54.1 Å². The Morgan fingerprint density at radius 3 is 2.63 bits per heavy atom. The number of nitrogens with zero attached hydrogens (tertiary/aromatic N) is 2. The van der Waals surface area contributed by atoms with Crippen LogP contribution in [-0.2, 0) is 17.9 Å². The number of aromatic nitrogens is 2. The second-order valence-corrected chi connectivity index (χ2v) is 8.54. The van der Waals surface area contributed by atoms with E-state index in [-0.39, 0.29) is 18.7 Å². The normalized spacial score (nSPS) is 12.4. The first-order valence-electron chi connectivity index (χ1n) is 9.57. The molecule has 0 saturated heterocycles. The molecule has 4 aromatic rings. The van der Waals surface area contributed by atoms with Crippen LogP contribution < -0.4 is 5.56 Å². The van der Waals surface area contributed by atoms with Gasteiger partial charge >= 0.3 is 0 Å². The first-order valence-corrected chi connectivity index (χ1v) is 10.8. The highest BCUT2D eigenvalue weighted by atomic mass is 35.5. The van der Waals surface area contributed by atoms with Crippen LogP contribution >= 0.6 is 22.9 Å². The minimum atomic E-state index is -0.818. The second kappa shape index (κ2) is 9.10. The van der Waals surface area contributed by atoms with Crippen LogP contribution in [0.1, 0.15) is 11.1 Å². The zero-order chi connectivity index (χ0) is 21.1. The number of aryl methyl sites for hydroxylation is 1. The van der Waals surface area contributed by atoms with Crippen molar-refractivity contribution >= 4 is 33.2 Å². The van der Waals surface area contributed by atoms with E-state index in [1.807, 2.05) is 49.4 Å². The number of aliphatic hydroxyl groups is 1. The van der Waals surface area contributed by atoms with Gasteiger partial charge in [0.15, 0.2) is 0 Å². The van der Waals surface area contributed by atoms with Gasteiger partial charge in [-0.05, 0) is 35.7 Å². The molecule has 1 atom stereocenters. The number of ether oxygens (including phenoxy) is 1. The van der Waals surface area contributed by atoms with Crippen molar-refractivity contribution in [3.05, 3.63) is 87.4 Å². The topological polar surface area (TPSA) is 64.3 Å². The summed E-state index contributed by atoms with van der Waals surface area (Å²) < 4.78 is 7.03. The van der Waals surface area contributed by atoms with E-state index in [4.69, 9.17) is 16.3 Å². The third-order valence-electron chi connectivity index (χ3n) is 4.85. The molecule has 154 valence electrons. The van der Waals surface area contributed by atoms with E-state index in [1.54, 1.807) is 12.1 Å². The maximum absolute atomic E-state index is 13.0. The Hall–Kier alpha value is -2.51. The summed E-state index contributed by atoms with van der Waals surface area (Å²) in [7, 11) is 0. The Morgan fingerprint density at radius 2 is 1.90 bits per heavy atom. The van der Waals surface area contributed by atoms with Crippen LogP contribution in [0.15, 0.2) is 65.7 Å². The maximum Gasteiger partial charge on any atom is 0.262 e. The Kier molecular flexibility index (Phi) is 6.29. The summed E-state index contributed by atoms with van der Waals surface area (Å²) in [5.74, 6) is 0. The Balaban J connectivity index is 1.47. The van der Waals surface area contributed by atoms with Gasteiger partial charge in [-0.3, -0.25) is 9.36 Å².